The summed E-state index contributed by atoms with van der Waals surface area (Å²) in [6.45, 7) is 0.345. The maximum atomic E-state index is 11.5. The van der Waals surface area contributed by atoms with Crippen molar-refractivity contribution in [1.29, 1.82) is 0 Å². The number of aromatic amines is 1. The quantitative estimate of drug-likeness (QED) is 0.239. The second kappa shape index (κ2) is 7.34. The van der Waals surface area contributed by atoms with E-state index in [1.807, 2.05) is 0 Å². The number of phosphoric acid groups is 2. The number of nitrogens with zero attached hydrogens (tertiary/aromatic N) is 1. The number of aliphatic hydroxyl groups is 2. The lowest BCUT2D eigenvalue weighted by Crippen LogP contribution is -2.44. The minimum Gasteiger partial charge on any atom is -0.387 e. The molecule has 0 bridgehead atoms. The molecule has 148 valence electrons. The van der Waals surface area contributed by atoms with Gasteiger partial charge in [-0.25, -0.2) is 9.13 Å². The number of rotatable bonds is 6. The summed E-state index contributed by atoms with van der Waals surface area (Å²) in [5.74, 6) is 0. The van der Waals surface area contributed by atoms with E-state index in [0.29, 0.717) is 0 Å². The van der Waals surface area contributed by atoms with Crippen LogP contribution in [0.5, 0.6) is 0 Å². The fourth-order valence-electron chi connectivity index (χ4n) is 2.32. The van der Waals surface area contributed by atoms with Gasteiger partial charge in [-0.3, -0.25) is 18.9 Å². The Balaban J connectivity index is 2.18. The highest BCUT2D eigenvalue weighted by Gasteiger charge is 2.53. The number of nitrogens with one attached hydrogen (secondary N) is 1. The summed E-state index contributed by atoms with van der Waals surface area (Å²) in [6, 6.07) is 1.10. The minimum absolute atomic E-state index is 0.116. The monoisotopic (exact) mass is 434 g/mol. The van der Waals surface area contributed by atoms with Crippen LogP contribution in [0.1, 0.15) is 13.2 Å². The van der Waals surface area contributed by atoms with Gasteiger partial charge in [0, 0.05) is 12.3 Å². The Labute approximate surface area is 150 Å². The molecule has 1 aromatic rings. The zero-order chi connectivity index (χ0) is 19.9. The Morgan fingerprint density at radius 2 is 2.04 bits per heavy atom. The molecule has 0 aromatic carbocycles. The second-order valence-electron chi connectivity index (χ2n) is 5.55. The highest BCUT2D eigenvalue weighted by Crippen LogP contribution is 2.57. The average molecular weight is 434 g/mol. The summed E-state index contributed by atoms with van der Waals surface area (Å²) in [5.41, 5.74) is -2.45. The lowest BCUT2D eigenvalue weighted by Gasteiger charge is -2.27. The number of ether oxygens (including phenoxy) is 1. The van der Waals surface area contributed by atoms with E-state index in [0.717, 1.165) is 10.6 Å². The SMILES string of the molecule is CC1(O)[C@@H](O)[C@@H](COP(=O)(O)OP(=O)(O)O)O[C@H]1n1ccc(=O)[nH]c1=S. The summed E-state index contributed by atoms with van der Waals surface area (Å²) < 4.78 is 36.5. The van der Waals surface area contributed by atoms with Gasteiger partial charge in [-0.15, -0.1) is 0 Å². The Morgan fingerprint density at radius 3 is 2.58 bits per heavy atom. The largest absolute Gasteiger partial charge is 0.481 e. The predicted molar refractivity (Wildman–Crippen MR) is 85.3 cm³/mol. The van der Waals surface area contributed by atoms with Crippen LogP contribution in [0, 0.1) is 4.77 Å². The summed E-state index contributed by atoms with van der Waals surface area (Å²) >= 11 is 4.95. The topological polar surface area (TPSA) is 201 Å². The molecule has 2 rings (SSSR count). The third-order valence-corrected chi connectivity index (χ3v) is 5.93. The minimum atomic E-state index is -5.30. The molecule has 0 amide bonds. The first-order valence-corrected chi connectivity index (χ1v) is 10.3. The summed E-state index contributed by atoms with van der Waals surface area (Å²) in [4.78, 5) is 39.8. The normalized spacial score (nSPS) is 31.7. The van der Waals surface area contributed by atoms with E-state index < -0.39 is 51.8 Å². The highest BCUT2D eigenvalue weighted by molar-refractivity contribution is 7.71. The molecule has 0 spiro atoms. The van der Waals surface area contributed by atoms with E-state index in [2.05, 4.69) is 13.8 Å². The molecule has 5 atom stereocenters. The molecule has 1 aromatic heterocycles. The van der Waals surface area contributed by atoms with Crippen molar-refractivity contribution in [1.82, 2.24) is 9.55 Å². The molecule has 0 aliphatic carbocycles. The first kappa shape index (κ1) is 21.5. The van der Waals surface area contributed by atoms with Crippen molar-refractivity contribution in [2.75, 3.05) is 6.61 Å². The third-order valence-electron chi connectivity index (χ3n) is 3.47. The van der Waals surface area contributed by atoms with Gasteiger partial charge in [0.1, 0.15) is 17.8 Å². The van der Waals surface area contributed by atoms with E-state index in [1.165, 1.54) is 13.1 Å². The van der Waals surface area contributed by atoms with Crippen LogP contribution < -0.4 is 5.56 Å². The van der Waals surface area contributed by atoms with E-state index in [1.54, 1.807) is 0 Å². The molecule has 26 heavy (non-hydrogen) atoms. The Morgan fingerprint density at radius 1 is 1.42 bits per heavy atom. The zero-order valence-corrected chi connectivity index (χ0v) is 15.6. The van der Waals surface area contributed by atoms with Crippen LogP contribution in [-0.2, 0) is 22.7 Å². The number of aromatic nitrogens is 2. The van der Waals surface area contributed by atoms with E-state index >= 15 is 0 Å². The number of hydrogen-bond donors (Lipinski definition) is 6. The second-order valence-corrected chi connectivity index (χ2v) is 8.77. The number of hydrogen-bond acceptors (Lipinski definition) is 9. The molecule has 2 unspecified atom stereocenters. The molecule has 1 aliphatic rings. The van der Waals surface area contributed by atoms with Gasteiger partial charge in [-0.05, 0) is 19.1 Å². The predicted octanol–water partition coefficient (Wildman–Crippen LogP) is -0.859. The molecule has 0 saturated carbocycles. The van der Waals surface area contributed by atoms with Crippen LogP contribution in [0.2, 0.25) is 0 Å². The molecule has 13 nitrogen and oxygen atoms in total. The molecule has 6 N–H and O–H groups in total. The van der Waals surface area contributed by atoms with Gasteiger partial charge in [0.15, 0.2) is 11.0 Å². The van der Waals surface area contributed by atoms with E-state index in [-0.39, 0.29) is 4.77 Å². The van der Waals surface area contributed by atoms with E-state index in [9.17, 15) is 29.0 Å². The van der Waals surface area contributed by atoms with Crippen molar-refractivity contribution in [3.8, 4) is 0 Å². The van der Waals surface area contributed by atoms with Crippen LogP contribution in [-0.4, -0.2) is 58.9 Å². The van der Waals surface area contributed by atoms with E-state index in [4.69, 9.17) is 26.7 Å². The van der Waals surface area contributed by atoms with Crippen LogP contribution in [0.25, 0.3) is 0 Å². The van der Waals surface area contributed by atoms with Crippen LogP contribution in [0.15, 0.2) is 17.1 Å². The Bertz CT molecular complexity index is 876. The Hall–Kier alpha value is -0.760. The third kappa shape index (κ3) is 4.94. The van der Waals surface area contributed by atoms with Crippen molar-refractivity contribution in [2.45, 2.75) is 31.0 Å². The summed E-state index contributed by atoms with van der Waals surface area (Å²) in [6.07, 6.45) is -3.11. The van der Waals surface area contributed by atoms with Crippen molar-refractivity contribution < 1.29 is 47.6 Å². The maximum absolute atomic E-state index is 11.5. The number of H-pyrrole nitrogens is 1. The molecule has 2 heterocycles. The first-order valence-electron chi connectivity index (χ1n) is 6.84. The molecule has 1 fully saturated rings. The zero-order valence-electron chi connectivity index (χ0n) is 13.0. The number of aliphatic hydroxyl groups excluding tert-OH is 1. The van der Waals surface area contributed by atoms with Gasteiger partial charge < -0.3 is 29.6 Å². The van der Waals surface area contributed by atoms with Crippen molar-refractivity contribution >= 4 is 27.9 Å². The van der Waals surface area contributed by atoms with Crippen LogP contribution in [0.4, 0.5) is 0 Å². The van der Waals surface area contributed by atoms with Gasteiger partial charge >= 0.3 is 15.6 Å². The molecule has 0 radical (unpaired) electrons. The number of phosphoric ester groups is 1. The van der Waals surface area contributed by atoms with Gasteiger partial charge in [-0.1, -0.05) is 0 Å². The fraction of sp³-hybridized carbons (Fsp3) is 0.600. The van der Waals surface area contributed by atoms with Crippen molar-refractivity contribution in [2.24, 2.45) is 0 Å². The lowest BCUT2D eigenvalue weighted by molar-refractivity contribution is -0.0978. The van der Waals surface area contributed by atoms with Crippen molar-refractivity contribution in [3.63, 3.8) is 0 Å². The van der Waals surface area contributed by atoms with Gasteiger partial charge in [0.25, 0.3) is 5.56 Å². The molecule has 1 saturated heterocycles. The highest BCUT2D eigenvalue weighted by atomic mass is 32.1. The van der Waals surface area contributed by atoms with Crippen LogP contribution >= 0.6 is 27.9 Å². The smallest absolute Gasteiger partial charge is 0.387 e. The van der Waals surface area contributed by atoms with Gasteiger partial charge in [0.05, 0.1) is 6.61 Å². The fourth-order valence-corrected chi connectivity index (χ4v) is 4.17. The standard InChI is InChI=1S/C10H16N2O11P2S/c1-10(15)7(14)5(4-21-25(19,20)23-24(16,17)18)22-8(10)12-3-2-6(13)11-9(12)26/h2-3,5,7-8,14-15H,4H2,1H3,(H,19,20)(H,11,13,26)(H2,16,17,18)/t5-,7+,8-,10?/m1/s1. The molecule has 16 heteroatoms. The molecular weight excluding hydrogens is 418 g/mol. The van der Waals surface area contributed by atoms with Gasteiger partial charge in [0.2, 0.25) is 0 Å². The lowest BCUT2D eigenvalue weighted by atomic mass is 9.96. The van der Waals surface area contributed by atoms with Gasteiger partial charge in [-0.2, -0.15) is 4.31 Å². The molecule has 1 aliphatic heterocycles. The average Bonchev–Trinajstić information content (AvgIpc) is 2.66. The first-order chi connectivity index (χ1) is 11.7. The van der Waals surface area contributed by atoms with Crippen molar-refractivity contribution in [3.05, 3.63) is 27.4 Å². The maximum Gasteiger partial charge on any atom is 0.481 e. The Kier molecular flexibility index (Phi) is 6.08. The molecular formula is C10H16N2O11P2S. The summed E-state index contributed by atoms with van der Waals surface area (Å²) in [5, 5.41) is 20.7. The summed E-state index contributed by atoms with van der Waals surface area (Å²) in [7, 11) is -10.5. The van der Waals surface area contributed by atoms with Crippen LogP contribution in [0.3, 0.4) is 0 Å².